The van der Waals surface area contributed by atoms with Crippen LogP contribution in [0.3, 0.4) is 0 Å². The molecule has 0 radical (unpaired) electrons. The zero-order valence-corrected chi connectivity index (χ0v) is 14.4. The van der Waals surface area contributed by atoms with Crippen molar-refractivity contribution in [2.45, 2.75) is 0 Å². The number of methoxy groups -OCH3 is 1. The molecule has 4 aromatic rings. The van der Waals surface area contributed by atoms with E-state index in [-0.39, 0.29) is 5.82 Å². The van der Waals surface area contributed by atoms with Gasteiger partial charge in [-0.15, -0.1) is 0 Å². The molecular formula is C20H17FN4O. The Bertz CT molecular complexity index is 1090. The third-order valence-corrected chi connectivity index (χ3v) is 4.27. The van der Waals surface area contributed by atoms with Crippen LogP contribution in [0.15, 0.2) is 54.7 Å². The number of hydrogen-bond donors (Lipinski definition) is 2. The molecular weight excluding hydrogens is 331 g/mol. The second kappa shape index (κ2) is 6.48. The van der Waals surface area contributed by atoms with Crippen LogP contribution in [-0.4, -0.2) is 29.1 Å². The van der Waals surface area contributed by atoms with Gasteiger partial charge < -0.3 is 15.0 Å². The van der Waals surface area contributed by atoms with Crippen molar-refractivity contribution in [1.82, 2.24) is 15.0 Å². The van der Waals surface area contributed by atoms with Crippen molar-refractivity contribution >= 4 is 16.9 Å². The van der Waals surface area contributed by atoms with Crippen molar-refractivity contribution in [1.29, 1.82) is 0 Å². The number of aromatic nitrogens is 3. The summed E-state index contributed by atoms with van der Waals surface area (Å²) in [6.07, 6.45) is 1.74. The fraction of sp³-hybridized carbons (Fsp3) is 0.100. The molecule has 2 aromatic carbocycles. The van der Waals surface area contributed by atoms with Crippen LogP contribution in [0.5, 0.6) is 5.75 Å². The number of imidazole rings is 1. The van der Waals surface area contributed by atoms with Gasteiger partial charge in [-0.1, -0.05) is 18.2 Å². The van der Waals surface area contributed by atoms with E-state index in [9.17, 15) is 4.39 Å². The molecule has 26 heavy (non-hydrogen) atoms. The van der Waals surface area contributed by atoms with Gasteiger partial charge in [-0.3, -0.25) is 0 Å². The van der Waals surface area contributed by atoms with E-state index in [4.69, 9.17) is 4.74 Å². The van der Waals surface area contributed by atoms with Crippen LogP contribution >= 0.6 is 0 Å². The molecule has 0 amide bonds. The van der Waals surface area contributed by atoms with E-state index in [1.54, 1.807) is 32.5 Å². The Morgan fingerprint density at radius 2 is 1.92 bits per heavy atom. The number of nitrogens with one attached hydrogen (secondary N) is 2. The van der Waals surface area contributed by atoms with Gasteiger partial charge in [0.05, 0.1) is 18.2 Å². The van der Waals surface area contributed by atoms with Gasteiger partial charge >= 0.3 is 0 Å². The van der Waals surface area contributed by atoms with Gasteiger partial charge in [0.2, 0.25) is 0 Å². The van der Waals surface area contributed by atoms with Crippen molar-refractivity contribution in [3.8, 4) is 28.3 Å². The van der Waals surface area contributed by atoms with Crippen molar-refractivity contribution in [2.75, 3.05) is 19.5 Å². The Labute approximate surface area is 149 Å². The number of anilines is 1. The molecule has 0 unspecified atom stereocenters. The molecule has 0 bridgehead atoms. The largest absolute Gasteiger partial charge is 0.496 e. The Morgan fingerprint density at radius 1 is 1.08 bits per heavy atom. The second-order valence-electron chi connectivity index (χ2n) is 5.83. The predicted molar refractivity (Wildman–Crippen MR) is 101 cm³/mol. The van der Waals surface area contributed by atoms with Gasteiger partial charge in [-0.2, -0.15) is 0 Å². The van der Waals surface area contributed by atoms with E-state index in [2.05, 4.69) is 20.3 Å². The van der Waals surface area contributed by atoms with E-state index in [0.29, 0.717) is 17.0 Å². The molecule has 0 atom stereocenters. The first-order valence-electron chi connectivity index (χ1n) is 8.16. The summed E-state index contributed by atoms with van der Waals surface area (Å²) in [6.45, 7) is 0. The summed E-state index contributed by atoms with van der Waals surface area (Å²) in [5, 5.41) is 3.00. The van der Waals surface area contributed by atoms with Crippen LogP contribution in [0, 0.1) is 5.82 Å². The van der Waals surface area contributed by atoms with Gasteiger partial charge in [0.1, 0.15) is 17.4 Å². The maximum Gasteiger partial charge on any atom is 0.178 e. The first-order chi connectivity index (χ1) is 12.7. The third-order valence-electron chi connectivity index (χ3n) is 4.27. The van der Waals surface area contributed by atoms with Gasteiger partial charge in [0, 0.05) is 30.1 Å². The molecule has 2 heterocycles. The third kappa shape index (κ3) is 2.75. The minimum absolute atomic E-state index is 0.340. The minimum atomic E-state index is -0.340. The van der Waals surface area contributed by atoms with Crippen LogP contribution < -0.4 is 10.1 Å². The summed E-state index contributed by atoms with van der Waals surface area (Å²) in [7, 11) is 3.42. The maximum absolute atomic E-state index is 14.2. The molecule has 130 valence electrons. The Balaban J connectivity index is 1.82. The van der Waals surface area contributed by atoms with E-state index in [1.807, 2.05) is 30.3 Å². The number of nitrogens with zero attached hydrogens (tertiary/aromatic N) is 2. The first kappa shape index (κ1) is 16.1. The molecule has 0 spiro atoms. The highest BCUT2D eigenvalue weighted by atomic mass is 19.1. The number of H-pyrrole nitrogens is 1. The molecule has 0 aliphatic rings. The topological polar surface area (TPSA) is 62.8 Å². The van der Waals surface area contributed by atoms with E-state index < -0.39 is 0 Å². The highest BCUT2D eigenvalue weighted by Crippen LogP contribution is 2.31. The lowest BCUT2D eigenvalue weighted by atomic mass is 10.1. The van der Waals surface area contributed by atoms with Gasteiger partial charge in [-0.05, 0) is 30.3 Å². The number of pyridine rings is 1. The number of ether oxygens (including phenoxy) is 1. The number of hydrogen-bond acceptors (Lipinski definition) is 4. The predicted octanol–water partition coefficient (Wildman–Crippen LogP) is 4.48. The molecule has 5 nitrogen and oxygen atoms in total. The van der Waals surface area contributed by atoms with Crippen LogP contribution in [0.2, 0.25) is 0 Å². The van der Waals surface area contributed by atoms with Crippen molar-refractivity contribution in [3.05, 3.63) is 60.5 Å². The molecule has 0 saturated carbocycles. The van der Waals surface area contributed by atoms with E-state index >= 15 is 0 Å². The summed E-state index contributed by atoms with van der Waals surface area (Å²) in [6, 6.07) is 14.5. The van der Waals surface area contributed by atoms with Crippen LogP contribution in [0.1, 0.15) is 0 Å². The highest BCUT2D eigenvalue weighted by molar-refractivity contribution is 5.83. The number of halogens is 1. The molecule has 0 aliphatic heterocycles. The van der Waals surface area contributed by atoms with E-state index in [0.717, 1.165) is 28.1 Å². The lowest BCUT2D eigenvalue weighted by Crippen LogP contribution is -1.92. The molecule has 0 saturated heterocycles. The van der Waals surface area contributed by atoms with Gasteiger partial charge in [0.25, 0.3) is 0 Å². The Morgan fingerprint density at radius 3 is 2.73 bits per heavy atom. The number of benzene rings is 2. The van der Waals surface area contributed by atoms with Gasteiger partial charge in [-0.25, -0.2) is 14.4 Å². The quantitative estimate of drug-likeness (QED) is 0.571. The molecule has 0 aliphatic carbocycles. The summed E-state index contributed by atoms with van der Waals surface area (Å²) in [5.74, 6) is 0.869. The second-order valence-corrected chi connectivity index (χ2v) is 5.83. The monoisotopic (exact) mass is 348 g/mol. The summed E-state index contributed by atoms with van der Waals surface area (Å²) in [4.78, 5) is 12.0. The van der Waals surface area contributed by atoms with E-state index in [1.165, 1.54) is 6.07 Å². The summed E-state index contributed by atoms with van der Waals surface area (Å²) >= 11 is 0. The SMILES string of the molecule is CNc1ccc(F)c(-c2nc3ncc(-c4ccccc4OC)cc3[nH]2)c1. The number of para-hydroxylation sites is 1. The van der Waals surface area contributed by atoms with Crippen molar-refractivity contribution in [3.63, 3.8) is 0 Å². The maximum atomic E-state index is 14.2. The highest BCUT2D eigenvalue weighted by Gasteiger charge is 2.13. The minimum Gasteiger partial charge on any atom is -0.496 e. The Kier molecular flexibility index (Phi) is 4.01. The van der Waals surface area contributed by atoms with Gasteiger partial charge in [0.15, 0.2) is 5.65 Å². The fourth-order valence-electron chi connectivity index (χ4n) is 2.92. The summed E-state index contributed by atoms with van der Waals surface area (Å²) in [5.41, 5.74) is 4.31. The van der Waals surface area contributed by atoms with Crippen LogP contribution in [0.4, 0.5) is 10.1 Å². The smallest absolute Gasteiger partial charge is 0.178 e. The zero-order valence-electron chi connectivity index (χ0n) is 14.4. The molecule has 0 fully saturated rings. The van der Waals surface area contributed by atoms with Crippen molar-refractivity contribution < 1.29 is 9.13 Å². The molecule has 2 aromatic heterocycles. The number of rotatable bonds is 4. The zero-order chi connectivity index (χ0) is 18.1. The normalized spacial score (nSPS) is 10.9. The Hall–Kier alpha value is -3.41. The van der Waals surface area contributed by atoms with Crippen LogP contribution in [-0.2, 0) is 0 Å². The molecule has 2 N–H and O–H groups in total. The average molecular weight is 348 g/mol. The average Bonchev–Trinajstić information content (AvgIpc) is 3.11. The molecule has 4 rings (SSSR count). The molecule has 6 heteroatoms. The number of fused-ring (bicyclic) bond motifs is 1. The first-order valence-corrected chi connectivity index (χ1v) is 8.16. The standard InChI is InChI=1S/C20H17FN4O/c1-22-13-7-8-16(21)15(10-13)19-24-17-9-12(11-23-20(17)25-19)14-5-3-4-6-18(14)26-2/h3-11,22H,1-2H3,(H,23,24,25). The lowest BCUT2D eigenvalue weighted by molar-refractivity contribution is 0.416. The lowest BCUT2D eigenvalue weighted by Gasteiger charge is -2.07. The van der Waals surface area contributed by atoms with Crippen molar-refractivity contribution in [2.24, 2.45) is 0 Å². The summed E-state index contributed by atoms with van der Waals surface area (Å²) < 4.78 is 19.7. The fourth-order valence-corrected chi connectivity index (χ4v) is 2.92. The number of aromatic amines is 1. The van der Waals surface area contributed by atoms with Crippen LogP contribution in [0.25, 0.3) is 33.7 Å².